The zero-order chi connectivity index (χ0) is 16.0. The van der Waals surface area contributed by atoms with Crippen molar-refractivity contribution in [3.8, 4) is 17.2 Å². The van der Waals surface area contributed by atoms with Crippen molar-refractivity contribution in [2.45, 2.75) is 52.2 Å². The third-order valence-electron chi connectivity index (χ3n) is 4.49. The van der Waals surface area contributed by atoms with E-state index in [9.17, 15) is 0 Å². The first-order valence-corrected chi connectivity index (χ1v) is 7.76. The molecule has 0 spiro atoms. The Morgan fingerprint density at radius 2 is 1.77 bits per heavy atom. The van der Waals surface area contributed by atoms with E-state index in [1.807, 2.05) is 39.8 Å². The second-order valence-electron chi connectivity index (χ2n) is 6.65. The molecule has 0 amide bonds. The van der Waals surface area contributed by atoms with Crippen LogP contribution in [0.3, 0.4) is 0 Å². The number of ether oxygens (including phenoxy) is 3. The van der Waals surface area contributed by atoms with Crippen molar-refractivity contribution in [1.82, 2.24) is 0 Å². The van der Waals surface area contributed by atoms with Crippen molar-refractivity contribution in [3.05, 3.63) is 12.1 Å². The highest BCUT2D eigenvalue weighted by molar-refractivity contribution is 6.64. The van der Waals surface area contributed by atoms with Gasteiger partial charge in [0.05, 0.1) is 23.3 Å². The Hall–Kier alpha value is -1.40. The van der Waals surface area contributed by atoms with Crippen LogP contribution in [0.1, 0.15) is 41.0 Å². The minimum Gasteiger partial charge on any atom is -0.494 e. The second-order valence-corrected chi connectivity index (χ2v) is 6.65. The van der Waals surface area contributed by atoms with E-state index in [1.54, 1.807) is 0 Å². The predicted octanol–water partition coefficient (Wildman–Crippen LogP) is 2.50. The van der Waals surface area contributed by atoms with Gasteiger partial charge in [-0.25, -0.2) is 0 Å². The lowest BCUT2D eigenvalue weighted by molar-refractivity contribution is 0.00578. The molecule has 2 aliphatic rings. The number of benzene rings is 1. The molecule has 0 radical (unpaired) electrons. The van der Waals surface area contributed by atoms with E-state index in [1.165, 1.54) is 0 Å². The van der Waals surface area contributed by atoms with Crippen LogP contribution < -0.4 is 19.7 Å². The molecule has 6 heteroatoms. The fourth-order valence-corrected chi connectivity index (χ4v) is 2.50. The lowest BCUT2D eigenvalue weighted by Crippen LogP contribution is -2.41. The third-order valence-corrected chi connectivity index (χ3v) is 4.49. The first-order chi connectivity index (χ1) is 10.4. The average molecular weight is 306 g/mol. The number of fused-ring (bicyclic) bond motifs is 1. The van der Waals surface area contributed by atoms with Crippen molar-refractivity contribution < 1.29 is 23.5 Å². The lowest BCUT2D eigenvalue weighted by Gasteiger charge is -2.32. The second kappa shape index (κ2) is 5.35. The maximum absolute atomic E-state index is 6.16. The van der Waals surface area contributed by atoms with Crippen molar-refractivity contribution >= 4 is 12.6 Å². The van der Waals surface area contributed by atoms with Gasteiger partial charge in [-0.3, -0.25) is 0 Å². The fourth-order valence-electron chi connectivity index (χ4n) is 2.50. The summed E-state index contributed by atoms with van der Waals surface area (Å²) in [5.41, 5.74) is -0.0499. The molecular weight excluding hydrogens is 283 g/mol. The smallest absolute Gasteiger partial charge is 0.494 e. The van der Waals surface area contributed by atoms with E-state index in [0.717, 1.165) is 17.6 Å². The summed E-state index contributed by atoms with van der Waals surface area (Å²) in [6, 6.07) is 3.76. The molecule has 0 saturated carbocycles. The summed E-state index contributed by atoms with van der Waals surface area (Å²) in [7, 11) is -0.534. The molecule has 2 aliphatic heterocycles. The van der Waals surface area contributed by atoms with Crippen LogP contribution in [-0.4, -0.2) is 31.7 Å². The highest BCUT2D eigenvalue weighted by Gasteiger charge is 2.54. The summed E-state index contributed by atoms with van der Waals surface area (Å²) >= 11 is 0. The number of rotatable bonds is 4. The van der Waals surface area contributed by atoms with Gasteiger partial charge in [-0.1, -0.05) is 6.92 Å². The zero-order valence-electron chi connectivity index (χ0n) is 13.9. The van der Waals surface area contributed by atoms with Gasteiger partial charge in [0, 0.05) is 0 Å². The Balaban J connectivity index is 2.00. The molecule has 22 heavy (non-hydrogen) atoms. The highest BCUT2D eigenvalue weighted by atomic mass is 16.7. The van der Waals surface area contributed by atoms with E-state index >= 15 is 0 Å². The van der Waals surface area contributed by atoms with Gasteiger partial charge in [-0.15, -0.1) is 0 Å². The molecule has 0 bridgehead atoms. The van der Waals surface area contributed by atoms with Crippen LogP contribution in [0, 0.1) is 0 Å². The topological polar surface area (TPSA) is 46.2 Å². The van der Waals surface area contributed by atoms with Crippen LogP contribution in [0.4, 0.5) is 0 Å². The Morgan fingerprint density at radius 3 is 2.41 bits per heavy atom. The summed E-state index contributed by atoms with van der Waals surface area (Å²) in [5, 5.41) is 0. The molecular formula is C16H23BO5. The molecule has 3 rings (SSSR count). The van der Waals surface area contributed by atoms with Crippen LogP contribution in [-0.2, 0) is 9.31 Å². The highest BCUT2D eigenvalue weighted by Crippen LogP contribution is 2.41. The van der Waals surface area contributed by atoms with E-state index < -0.39 is 18.3 Å². The molecule has 1 aromatic carbocycles. The summed E-state index contributed by atoms with van der Waals surface area (Å²) in [4.78, 5) is 0. The van der Waals surface area contributed by atoms with Crippen LogP contribution >= 0.6 is 0 Å². The van der Waals surface area contributed by atoms with Gasteiger partial charge in [0.25, 0.3) is 0 Å². The maximum atomic E-state index is 6.16. The molecule has 0 aliphatic carbocycles. The Labute approximate surface area is 132 Å². The van der Waals surface area contributed by atoms with Gasteiger partial charge in [0.1, 0.15) is 5.75 Å². The van der Waals surface area contributed by atoms with Gasteiger partial charge in [0.2, 0.25) is 6.79 Å². The van der Waals surface area contributed by atoms with Gasteiger partial charge < -0.3 is 23.5 Å². The maximum Gasteiger partial charge on any atom is 0.502 e. The SMILES string of the molecule is CCCOc1ccc2c(c1B1OC(C)(C)C(C)(C)O1)OCO2. The standard InChI is InChI=1S/C16H23BO5/c1-6-9-18-11-7-8-12-14(20-10-19-12)13(11)17-21-15(2,3)16(4,5)22-17/h7-8H,6,9-10H2,1-5H3. The van der Waals surface area contributed by atoms with Gasteiger partial charge in [-0.05, 0) is 46.2 Å². The van der Waals surface area contributed by atoms with Crippen molar-refractivity contribution in [3.63, 3.8) is 0 Å². The lowest BCUT2D eigenvalue weighted by atomic mass is 9.77. The summed E-state index contributed by atoms with van der Waals surface area (Å²) in [6.45, 7) is 11.0. The number of hydrogen-bond acceptors (Lipinski definition) is 5. The number of hydrogen-bond donors (Lipinski definition) is 0. The molecule has 0 N–H and O–H groups in total. The van der Waals surface area contributed by atoms with Gasteiger partial charge in [0.15, 0.2) is 11.5 Å². The zero-order valence-corrected chi connectivity index (χ0v) is 13.9. The van der Waals surface area contributed by atoms with Gasteiger partial charge >= 0.3 is 7.12 Å². The Morgan fingerprint density at radius 1 is 1.09 bits per heavy atom. The van der Waals surface area contributed by atoms with E-state index in [4.69, 9.17) is 23.5 Å². The summed E-state index contributed by atoms with van der Waals surface area (Å²) < 4.78 is 29.3. The van der Waals surface area contributed by atoms with Crippen molar-refractivity contribution in [2.24, 2.45) is 0 Å². The van der Waals surface area contributed by atoms with Crippen molar-refractivity contribution in [2.75, 3.05) is 13.4 Å². The molecule has 1 aromatic rings. The first-order valence-electron chi connectivity index (χ1n) is 7.76. The van der Waals surface area contributed by atoms with E-state index in [0.29, 0.717) is 18.1 Å². The Bertz CT molecular complexity index is 554. The quantitative estimate of drug-likeness (QED) is 0.800. The molecule has 0 unspecified atom stereocenters. The first kappa shape index (κ1) is 15.5. The van der Waals surface area contributed by atoms with Crippen molar-refractivity contribution in [1.29, 1.82) is 0 Å². The molecule has 2 heterocycles. The molecule has 0 atom stereocenters. The average Bonchev–Trinajstić information content (AvgIpc) is 2.98. The van der Waals surface area contributed by atoms with Crippen LogP contribution in [0.25, 0.3) is 0 Å². The summed E-state index contributed by atoms with van der Waals surface area (Å²) in [6.07, 6.45) is 0.928. The Kier molecular flexibility index (Phi) is 3.77. The van der Waals surface area contributed by atoms with E-state index in [-0.39, 0.29) is 6.79 Å². The minimum absolute atomic E-state index is 0.207. The van der Waals surface area contributed by atoms with E-state index in [2.05, 4.69) is 6.92 Å². The van der Waals surface area contributed by atoms with Crippen LogP contribution in [0.5, 0.6) is 17.2 Å². The molecule has 0 aromatic heterocycles. The minimum atomic E-state index is -0.534. The van der Waals surface area contributed by atoms with Gasteiger partial charge in [-0.2, -0.15) is 0 Å². The fraction of sp³-hybridized carbons (Fsp3) is 0.625. The summed E-state index contributed by atoms with van der Waals surface area (Å²) in [5.74, 6) is 2.09. The molecule has 1 saturated heterocycles. The predicted molar refractivity (Wildman–Crippen MR) is 84.1 cm³/mol. The van der Waals surface area contributed by atoms with Crippen LogP contribution in [0.2, 0.25) is 0 Å². The monoisotopic (exact) mass is 306 g/mol. The normalized spacial score (nSPS) is 21.2. The largest absolute Gasteiger partial charge is 0.502 e. The third kappa shape index (κ3) is 2.44. The molecule has 1 fully saturated rings. The molecule has 120 valence electrons. The van der Waals surface area contributed by atoms with Crippen LogP contribution in [0.15, 0.2) is 12.1 Å². The molecule has 5 nitrogen and oxygen atoms in total.